The molecule has 0 spiro atoms. The predicted molar refractivity (Wildman–Crippen MR) is 44.4 cm³/mol. The molecular weight excluding hydrogens is 172 g/mol. The number of carboxylic acid groups (broad SMARTS) is 1. The first kappa shape index (κ1) is 7.53. The predicted octanol–water partition coefficient (Wildman–Crippen LogP) is 0.00970. The number of nitrogens with two attached hydrogens (primary N) is 1. The van der Waals surface area contributed by atoms with Crippen LogP contribution in [-0.4, -0.2) is 25.4 Å². The molecule has 0 aromatic carbocycles. The van der Waals surface area contributed by atoms with E-state index in [9.17, 15) is 4.79 Å². The van der Waals surface area contributed by atoms with Crippen molar-refractivity contribution in [2.45, 2.75) is 0 Å². The first-order valence-corrected chi connectivity index (χ1v) is 3.51. The lowest BCUT2D eigenvalue weighted by Gasteiger charge is -1.94. The lowest BCUT2D eigenvalue weighted by molar-refractivity contribution is 0.0691. The van der Waals surface area contributed by atoms with Crippen molar-refractivity contribution in [2.24, 2.45) is 0 Å². The third-order valence-electron chi connectivity index (χ3n) is 1.62. The van der Waals surface area contributed by atoms with Crippen LogP contribution in [0.25, 0.3) is 5.78 Å². The molecule has 0 aliphatic heterocycles. The minimum Gasteiger partial charge on any atom is -0.476 e. The maximum Gasteiger partial charge on any atom is 0.356 e. The monoisotopic (exact) mass is 178 g/mol. The molecule has 0 aliphatic carbocycles. The Hall–Kier alpha value is -2.11. The molecule has 13 heavy (non-hydrogen) atoms. The molecule has 66 valence electrons. The van der Waals surface area contributed by atoms with Crippen LogP contribution in [-0.2, 0) is 0 Å². The number of imidazole rings is 1. The molecule has 3 N–H and O–H groups in total. The number of nitrogens with zero attached hydrogens (tertiary/aromatic N) is 3. The van der Waals surface area contributed by atoms with Gasteiger partial charge in [-0.25, -0.2) is 14.8 Å². The van der Waals surface area contributed by atoms with E-state index in [0.29, 0.717) is 5.82 Å². The van der Waals surface area contributed by atoms with Crippen molar-refractivity contribution in [1.29, 1.82) is 0 Å². The molecule has 0 amide bonds. The Morgan fingerprint density at radius 2 is 2.38 bits per heavy atom. The number of nitrogen functional groups attached to an aromatic ring is 1. The highest BCUT2D eigenvalue weighted by atomic mass is 16.4. The van der Waals surface area contributed by atoms with Gasteiger partial charge in [-0.05, 0) is 6.07 Å². The number of hydrogen-bond acceptors (Lipinski definition) is 4. The molecule has 6 heteroatoms. The molecule has 0 fully saturated rings. The van der Waals surface area contributed by atoms with Crippen LogP contribution < -0.4 is 5.73 Å². The molecule has 2 rings (SSSR count). The third kappa shape index (κ3) is 1.08. The molecule has 2 heterocycles. The Kier molecular flexibility index (Phi) is 1.42. The fourth-order valence-electron chi connectivity index (χ4n) is 1.02. The van der Waals surface area contributed by atoms with Crippen molar-refractivity contribution in [3.63, 3.8) is 0 Å². The highest BCUT2D eigenvalue weighted by molar-refractivity contribution is 5.86. The number of anilines is 1. The van der Waals surface area contributed by atoms with E-state index in [-0.39, 0.29) is 11.5 Å². The Balaban J connectivity index is 2.75. The van der Waals surface area contributed by atoms with E-state index in [1.54, 1.807) is 6.07 Å². The molecule has 0 unspecified atom stereocenters. The molecule has 0 atom stereocenters. The van der Waals surface area contributed by atoms with E-state index < -0.39 is 5.97 Å². The van der Waals surface area contributed by atoms with Crippen LogP contribution in [0.2, 0.25) is 0 Å². The van der Waals surface area contributed by atoms with Crippen LogP contribution in [0.4, 0.5) is 5.82 Å². The lowest BCUT2D eigenvalue weighted by atomic mass is 10.5. The number of aromatic carboxylic acids is 1. The molecule has 0 bridgehead atoms. The highest BCUT2D eigenvalue weighted by Crippen LogP contribution is 2.07. The summed E-state index contributed by atoms with van der Waals surface area (Å²) in [5.41, 5.74) is 5.50. The van der Waals surface area contributed by atoms with Gasteiger partial charge in [0.1, 0.15) is 5.82 Å². The second kappa shape index (κ2) is 2.44. The van der Waals surface area contributed by atoms with Crippen LogP contribution in [0.5, 0.6) is 0 Å². The summed E-state index contributed by atoms with van der Waals surface area (Å²) in [6, 6.07) is 1.57. The van der Waals surface area contributed by atoms with Gasteiger partial charge < -0.3 is 10.8 Å². The zero-order valence-electron chi connectivity index (χ0n) is 6.51. The largest absolute Gasteiger partial charge is 0.476 e. The normalized spacial score (nSPS) is 10.5. The van der Waals surface area contributed by atoms with Gasteiger partial charge in [0.15, 0.2) is 5.69 Å². The summed E-state index contributed by atoms with van der Waals surface area (Å²) in [6.45, 7) is 0. The molecule has 0 saturated carbocycles. The maximum atomic E-state index is 10.5. The SMILES string of the molecule is Nc1ccnc2nc(C(=O)O)cn12. The van der Waals surface area contributed by atoms with Crippen molar-refractivity contribution in [3.05, 3.63) is 24.2 Å². The van der Waals surface area contributed by atoms with E-state index >= 15 is 0 Å². The average molecular weight is 178 g/mol. The van der Waals surface area contributed by atoms with Crippen LogP contribution in [0.3, 0.4) is 0 Å². The number of fused-ring (bicyclic) bond motifs is 1. The zero-order valence-corrected chi connectivity index (χ0v) is 6.51. The number of carbonyl (C=O) groups is 1. The van der Waals surface area contributed by atoms with Gasteiger partial charge in [0.05, 0.1) is 0 Å². The first-order valence-electron chi connectivity index (χ1n) is 3.51. The van der Waals surface area contributed by atoms with Crippen molar-refractivity contribution < 1.29 is 9.90 Å². The van der Waals surface area contributed by atoms with E-state index in [0.717, 1.165) is 0 Å². The maximum absolute atomic E-state index is 10.5. The molecule has 2 aromatic heterocycles. The molecule has 2 aromatic rings. The van der Waals surface area contributed by atoms with Crippen molar-refractivity contribution in [3.8, 4) is 0 Å². The van der Waals surface area contributed by atoms with E-state index in [1.165, 1.54) is 16.8 Å². The molecular formula is C7H6N4O2. The summed E-state index contributed by atoms with van der Waals surface area (Å²) in [5, 5.41) is 8.63. The van der Waals surface area contributed by atoms with Crippen LogP contribution in [0.15, 0.2) is 18.5 Å². The third-order valence-corrected chi connectivity index (χ3v) is 1.62. The van der Waals surface area contributed by atoms with Gasteiger partial charge >= 0.3 is 5.97 Å². The number of carboxylic acids is 1. The Morgan fingerprint density at radius 1 is 1.62 bits per heavy atom. The van der Waals surface area contributed by atoms with E-state index in [2.05, 4.69) is 9.97 Å². The summed E-state index contributed by atoms with van der Waals surface area (Å²) in [7, 11) is 0. The topological polar surface area (TPSA) is 93.5 Å². The van der Waals surface area contributed by atoms with Gasteiger partial charge in [-0.2, -0.15) is 0 Å². The summed E-state index contributed by atoms with van der Waals surface area (Å²) < 4.78 is 1.42. The fourth-order valence-corrected chi connectivity index (χ4v) is 1.02. The highest BCUT2D eigenvalue weighted by Gasteiger charge is 2.09. The number of hydrogen-bond donors (Lipinski definition) is 2. The second-order valence-electron chi connectivity index (χ2n) is 2.47. The van der Waals surface area contributed by atoms with Crippen LogP contribution in [0, 0.1) is 0 Å². The van der Waals surface area contributed by atoms with Crippen LogP contribution >= 0.6 is 0 Å². The van der Waals surface area contributed by atoms with Gasteiger partial charge in [-0.15, -0.1) is 0 Å². The first-order chi connectivity index (χ1) is 6.18. The molecule has 0 saturated heterocycles. The Bertz CT molecular complexity index is 476. The standard InChI is InChI=1S/C7H6N4O2/c8-5-1-2-9-7-10-4(6(12)13)3-11(5)7/h1-3H,8H2,(H,12,13). The van der Waals surface area contributed by atoms with Gasteiger partial charge in [0.25, 0.3) is 0 Å². The van der Waals surface area contributed by atoms with Gasteiger partial charge in [-0.1, -0.05) is 0 Å². The Morgan fingerprint density at radius 3 is 3.00 bits per heavy atom. The molecule has 6 nitrogen and oxygen atoms in total. The van der Waals surface area contributed by atoms with Gasteiger partial charge in [0.2, 0.25) is 5.78 Å². The second-order valence-corrected chi connectivity index (χ2v) is 2.47. The minimum atomic E-state index is -1.09. The lowest BCUT2D eigenvalue weighted by Crippen LogP contribution is -1.96. The number of rotatable bonds is 1. The Labute approximate surface area is 72.6 Å². The van der Waals surface area contributed by atoms with Crippen molar-refractivity contribution in [1.82, 2.24) is 14.4 Å². The number of aromatic nitrogens is 3. The van der Waals surface area contributed by atoms with E-state index in [4.69, 9.17) is 10.8 Å². The summed E-state index contributed by atoms with van der Waals surface area (Å²) in [6.07, 6.45) is 2.81. The fraction of sp³-hybridized carbons (Fsp3) is 0. The van der Waals surface area contributed by atoms with Gasteiger partial charge in [-0.3, -0.25) is 4.40 Å². The average Bonchev–Trinajstić information content (AvgIpc) is 2.49. The zero-order chi connectivity index (χ0) is 9.42. The smallest absolute Gasteiger partial charge is 0.356 e. The van der Waals surface area contributed by atoms with Crippen LogP contribution in [0.1, 0.15) is 10.5 Å². The molecule has 0 aliphatic rings. The minimum absolute atomic E-state index is 0.0644. The quantitative estimate of drug-likeness (QED) is 0.641. The van der Waals surface area contributed by atoms with Crippen molar-refractivity contribution in [2.75, 3.05) is 5.73 Å². The van der Waals surface area contributed by atoms with E-state index in [1.807, 2.05) is 0 Å². The summed E-state index contributed by atoms with van der Waals surface area (Å²) >= 11 is 0. The molecule has 0 radical (unpaired) electrons. The van der Waals surface area contributed by atoms with Gasteiger partial charge in [0, 0.05) is 12.4 Å². The van der Waals surface area contributed by atoms with Crippen molar-refractivity contribution >= 4 is 17.6 Å². The summed E-state index contributed by atoms with van der Waals surface area (Å²) in [4.78, 5) is 18.1. The summed E-state index contributed by atoms with van der Waals surface area (Å²) in [5.74, 6) is -0.396.